The van der Waals surface area contributed by atoms with Gasteiger partial charge in [0.15, 0.2) is 0 Å². The number of allylic oxidation sites excluding steroid dienone is 2. The Morgan fingerprint density at radius 1 is 1.27 bits per heavy atom. The third-order valence-corrected chi connectivity index (χ3v) is 1.83. The second-order valence-electron chi connectivity index (χ2n) is 2.95. The van der Waals surface area contributed by atoms with Crippen molar-refractivity contribution >= 4 is 0 Å². The molecule has 0 unspecified atom stereocenters. The topological polar surface area (TPSA) is 97.8 Å². The number of aromatic amines is 1. The number of nitrogens with zero attached hydrogens (tertiary/aromatic N) is 1. The Bertz CT molecular complexity index is 420. The van der Waals surface area contributed by atoms with Crippen molar-refractivity contribution in [3.8, 4) is 0 Å². The van der Waals surface area contributed by atoms with Gasteiger partial charge in [0.2, 0.25) is 0 Å². The molecule has 5 N–H and O–H groups in total. The number of nitrogens with one attached hydrogen (secondary N) is 1. The van der Waals surface area contributed by atoms with Crippen LogP contribution < -0.4 is 17.0 Å². The van der Waals surface area contributed by atoms with E-state index in [0.29, 0.717) is 18.5 Å². The molecule has 0 aliphatic rings. The lowest BCUT2D eigenvalue weighted by Gasteiger charge is -1.98. The van der Waals surface area contributed by atoms with Crippen molar-refractivity contribution in [2.24, 2.45) is 11.5 Å². The van der Waals surface area contributed by atoms with Crippen molar-refractivity contribution in [1.82, 2.24) is 9.97 Å². The van der Waals surface area contributed by atoms with Gasteiger partial charge in [0.05, 0.1) is 0 Å². The van der Waals surface area contributed by atoms with E-state index in [0.717, 1.165) is 5.69 Å². The second-order valence-corrected chi connectivity index (χ2v) is 2.95. The molecule has 0 spiro atoms. The predicted molar refractivity (Wildman–Crippen MR) is 58.9 cm³/mol. The van der Waals surface area contributed by atoms with Gasteiger partial charge >= 0.3 is 0 Å². The van der Waals surface area contributed by atoms with Gasteiger partial charge in [0.1, 0.15) is 5.69 Å². The van der Waals surface area contributed by atoms with Crippen molar-refractivity contribution in [2.75, 3.05) is 0 Å². The molecule has 1 rings (SSSR count). The Labute approximate surface area is 87.5 Å². The maximum Gasteiger partial charge on any atom is 0.270 e. The summed E-state index contributed by atoms with van der Waals surface area (Å²) >= 11 is 0. The fourth-order valence-corrected chi connectivity index (χ4v) is 1.09. The predicted octanol–water partition coefficient (Wildman–Crippen LogP) is -0.200. The summed E-state index contributed by atoms with van der Waals surface area (Å²) in [6.45, 7) is 0. The molecule has 0 atom stereocenters. The molecule has 0 amide bonds. The number of rotatable bonds is 4. The third kappa shape index (κ3) is 3.30. The van der Waals surface area contributed by atoms with Gasteiger partial charge in [-0.05, 0) is 12.4 Å². The van der Waals surface area contributed by atoms with Crippen molar-refractivity contribution in [2.45, 2.75) is 12.8 Å². The summed E-state index contributed by atoms with van der Waals surface area (Å²) in [4.78, 5) is 18.2. The molecule has 0 saturated carbocycles. The highest BCUT2D eigenvalue weighted by molar-refractivity contribution is 5.08. The second kappa shape index (κ2) is 5.64. The molecule has 0 aromatic carbocycles. The van der Waals surface area contributed by atoms with Gasteiger partial charge in [-0.3, -0.25) is 9.78 Å². The molecule has 0 bridgehead atoms. The number of hydrogen-bond acceptors (Lipinski definition) is 4. The van der Waals surface area contributed by atoms with E-state index in [9.17, 15) is 4.79 Å². The highest BCUT2D eigenvalue weighted by Gasteiger charge is 1.99. The molecule has 15 heavy (non-hydrogen) atoms. The van der Waals surface area contributed by atoms with Gasteiger partial charge < -0.3 is 16.5 Å². The zero-order valence-corrected chi connectivity index (χ0v) is 8.31. The molecule has 0 saturated heterocycles. The molecule has 1 aromatic heterocycles. The molecule has 80 valence electrons. The van der Waals surface area contributed by atoms with Crippen LogP contribution in [0.5, 0.6) is 0 Å². The van der Waals surface area contributed by atoms with E-state index >= 15 is 0 Å². The highest BCUT2D eigenvalue weighted by Crippen LogP contribution is 1.94. The zero-order valence-electron chi connectivity index (χ0n) is 8.31. The van der Waals surface area contributed by atoms with Crippen molar-refractivity contribution < 1.29 is 0 Å². The van der Waals surface area contributed by atoms with E-state index in [1.165, 1.54) is 12.4 Å². The smallest absolute Gasteiger partial charge is 0.270 e. The monoisotopic (exact) mass is 206 g/mol. The maximum absolute atomic E-state index is 11.5. The van der Waals surface area contributed by atoms with Crippen molar-refractivity contribution in [1.29, 1.82) is 0 Å². The first kappa shape index (κ1) is 11.0. The average Bonchev–Trinajstić information content (AvgIpc) is 2.25. The summed E-state index contributed by atoms with van der Waals surface area (Å²) in [7, 11) is 0. The van der Waals surface area contributed by atoms with Crippen LogP contribution in [-0.2, 0) is 12.8 Å². The molecular weight excluding hydrogens is 192 g/mol. The van der Waals surface area contributed by atoms with Crippen LogP contribution in [0.2, 0.25) is 0 Å². The van der Waals surface area contributed by atoms with E-state index in [1.54, 1.807) is 18.3 Å². The Balaban J connectivity index is 2.83. The van der Waals surface area contributed by atoms with Gasteiger partial charge in [-0.1, -0.05) is 12.2 Å². The van der Waals surface area contributed by atoms with Gasteiger partial charge in [-0.15, -0.1) is 0 Å². The SMILES string of the molecule is NC=CCc1cnc(CC=CN)c(=O)[nH]1. The van der Waals surface area contributed by atoms with Gasteiger partial charge in [-0.2, -0.15) is 0 Å². The molecule has 0 aliphatic carbocycles. The van der Waals surface area contributed by atoms with Gasteiger partial charge in [0, 0.05) is 24.7 Å². The molecule has 0 aliphatic heterocycles. The first-order chi connectivity index (χ1) is 7.27. The molecule has 1 heterocycles. The Kier molecular flexibility index (Phi) is 4.15. The largest absolute Gasteiger partial charge is 0.405 e. The van der Waals surface area contributed by atoms with Crippen LogP contribution in [0.25, 0.3) is 0 Å². The van der Waals surface area contributed by atoms with Crippen LogP contribution in [0.1, 0.15) is 11.4 Å². The van der Waals surface area contributed by atoms with Crippen molar-refractivity contribution in [3.63, 3.8) is 0 Å². The lowest BCUT2D eigenvalue weighted by molar-refractivity contribution is 0.949. The van der Waals surface area contributed by atoms with E-state index in [-0.39, 0.29) is 5.56 Å². The number of H-pyrrole nitrogens is 1. The molecule has 0 fully saturated rings. The minimum Gasteiger partial charge on any atom is -0.405 e. The number of hydrogen-bond donors (Lipinski definition) is 3. The minimum absolute atomic E-state index is 0.184. The van der Waals surface area contributed by atoms with Crippen LogP contribution in [0, 0.1) is 0 Å². The third-order valence-electron chi connectivity index (χ3n) is 1.83. The van der Waals surface area contributed by atoms with E-state index in [2.05, 4.69) is 9.97 Å². The summed E-state index contributed by atoms with van der Waals surface area (Å²) in [5, 5.41) is 0. The van der Waals surface area contributed by atoms with Crippen LogP contribution in [0.4, 0.5) is 0 Å². The Morgan fingerprint density at radius 2 is 1.93 bits per heavy atom. The van der Waals surface area contributed by atoms with Crippen molar-refractivity contribution in [3.05, 3.63) is 52.5 Å². The van der Waals surface area contributed by atoms with Gasteiger partial charge in [-0.25, -0.2) is 0 Å². The van der Waals surface area contributed by atoms with Crippen LogP contribution in [0.3, 0.4) is 0 Å². The normalized spacial score (nSPS) is 11.5. The molecule has 5 heteroatoms. The summed E-state index contributed by atoms with van der Waals surface area (Å²) < 4.78 is 0. The summed E-state index contributed by atoms with van der Waals surface area (Å²) in [5.41, 5.74) is 11.4. The number of aromatic nitrogens is 2. The minimum atomic E-state index is -0.184. The first-order valence-electron chi connectivity index (χ1n) is 4.58. The van der Waals surface area contributed by atoms with Crippen LogP contribution >= 0.6 is 0 Å². The van der Waals surface area contributed by atoms with E-state index < -0.39 is 0 Å². The van der Waals surface area contributed by atoms with E-state index in [4.69, 9.17) is 11.5 Å². The summed E-state index contributed by atoms with van der Waals surface area (Å²) in [6.07, 6.45) is 8.89. The zero-order chi connectivity index (χ0) is 11.1. The lowest BCUT2D eigenvalue weighted by atomic mass is 10.3. The first-order valence-corrected chi connectivity index (χ1v) is 4.58. The maximum atomic E-state index is 11.5. The standard InChI is InChI=1S/C10H14N4O/c11-5-1-3-8-7-13-9(4-2-6-12)10(15)14-8/h1-2,5-7H,3-4,11-12H2,(H,14,15). The average molecular weight is 206 g/mol. The fraction of sp³-hybridized carbons (Fsp3) is 0.200. The fourth-order valence-electron chi connectivity index (χ4n) is 1.09. The quantitative estimate of drug-likeness (QED) is 0.635. The molecule has 0 radical (unpaired) electrons. The van der Waals surface area contributed by atoms with Crippen LogP contribution in [-0.4, -0.2) is 9.97 Å². The van der Waals surface area contributed by atoms with Gasteiger partial charge in [0.25, 0.3) is 5.56 Å². The molecular formula is C10H14N4O. The summed E-state index contributed by atoms with van der Waals surface area (Å²) in [6, 6.07) is 0. The Morgan fingerprint density at radius 3 is 2.53 bits per heavy atom. The summed E-state index contributed by atoms with van der Waals surface area (Å²) in [5.74, 6) is 0. The molecule has 1 aromatic rings. The van der Waals surface area contributed by atoms with E-state index in [1.807, 2.05) is 0 Å². The van der Waals surface area contributed by atoms with Crippen LogP contribution in [0.15, 0.2) is 35.5 Å². The number of nitrogens with two attached hydrogens (primary N) is 2. The molecule has 5 nitrogen and oxygen atoms in total. The Hall–Kier alpha value is -2.04. The highest BCUT2D eigenvalue weighted by atomic mass is 16.1. The lowest BCUT2D eigenvalue weighted by Crippen LogP contribution is -2.16.